The molecule has 0 aromatic heterocycles. The van der Waals surface area contributed by atoms with E-state index < -0.39 is 11.9 Å². The van der Waals surface area contributed by atoms with Gasteiger partial charge in [0.15, 0.2) is 0 Å². The third-order valence-electron chi connectivity index (χ3n) is 3.78. The van der Waals surface area contributed by atoms with Crippen LogP contribution in [0.2, 0.25) is 0 Å². The summed E-state index contributed by atoms with van der Waals surface area (Å²) >= 11 is 0. The maximum absolute atomic E-state index is 11.9. The molecule has 7 heteroatoms. The van der Waals surface area contributed by atoms with E-state index in [1.165, 1.54) is 18.2 Å². The van der Waals surface area contributed by atoms with Crippen LogP contribution in [0, 0.1) is 0 Å². The number of methoxy groups -OCH3 is 1. The molecule has 1 aromatic carbocycles. The van der Waals surface area contributed by atoms with Gasteiger partial charge in [0.05, 0.1) is 24.9 Å². The Hall–Kier alpha value is -3.06. The number of hydrogen-bond donors (Lipinski definition) is 2. The summed E-state index contributed by atoms with van der Waals surface area (Å²) in [6.07, 6.45) is 10.1. The Balaban J connectivity index is 1.64. The summed E-state index contributed by atoms with van der Waals surface area (Å²) in [5.74, 6) is -0.973. The van der Waals surface area contributed by atoms with Crippen LogP contribution in [0.3, 0.4) is 0 Å². The average molecular weight is 372 g/mol. The largest absolute Gasteiger partial charge is 0.462 e. The molecule has 0 fully saturated rings. The Labute approximate surface area is 158 Å². The lowest BCUT2D eigenvalue weighted by atomic mass is 10.0. The van der Waals surface area contributed by atoms with E-state index in [0.717, 1.165) is 12.0 Å². The Morgan fingerprint density at radius 2 is 1.85 bits per heavy atom. The number of carbonyl (C=O) groups excluding carboxylic acids is 2. The average Bonchev–Trinajstić information content (AvgIpc) is 2.65. The molecule has 1 aromatic rings. The fourth-order valence-electron chi connectivity index (χ4n) is 2.40. The number of rotatable bonds is 8. The topological polar surface area (TPSA) is 114 Å². The zero-order chi connectivity index (χ0) is 19.6. The van der Waals surface area contributed by atoms with E-state index in [9.17, 15) is 9.59 Å². The first kappa shape index (κ1) is 20.3. The van der Waals surface area contributed by atoms with Crippen molar-refractivity contribution in [3.8, 4) is 0 Å². The van der Waals surface area contributed by atoms with Gasteiger partial charge >= 0.3 is 11.9 Å². The van der Waals surface area contributed by atoms with E-state index in [1.807, 2.05) is 18.2 Å². The molecule has 0 heterocycles. The van der Waals surface area contributed by atoms with Crippen LogP contribution < -0.4 is 11.5 Å². The first-order valence-electron chi connectivity index (χ1n) is 8.57. The number of benzene rings is 1. The molecule has 0 bridgehead atoms. The number of esters is 2. The lowest BCUT2D eigenvalue weighted by molar-refractivity contribution is -0.138. The SMILES string of the molecule is COC1C=CC(/C=C/C(=O)OCCCOC(=O)c2cc(N)cc(N)c2)=CC1. The molecule has 4 N–H and O–H groups in total. The Morgan fingerprint density at radius 3 is 2.48 bits per heavy atom. The second-order valence-electron chi connectivity index (χ2n) is 5.95. The molecule has 1 unspecified atom stereocenters. The summed E-state index contributed by atoms with van der Waals surface area (Å²) in [6.45, 7) is 0.271. The lowest BCUT2D eigenvalue weighted by Crippen LogP contribution is -2.10. The minimum Gasteiger partial charge on any atom is -0.462 e. The van der Waals surface area contributed by atoms with Gasteiger partial charge < -0.3 is 25.7 Å². The summed E-state index contributed by atoms with van der Waals surface area (Å²) in [5, 5.41) is 0. The van der Waals surface area contributed by atoms with Crippen LogP contribution in [0.15, 0.2) is 54.2 Å². The van der Waals surface area contributed by atoms with Crippen LogP contribution in [-0.4, -0.2) is 38.4 Å². The zero-order valence-electron chi connectivity index (χ0n) is 15.2. The molecule has 2 rings (SSSR count). The normalized spacial score (nSPS) is 16.2. The summed E-state index contributed by atoms with van der Waals surface area (Å²) in [5.41, 5.74) is 13.3. The third-order valence-corrected chi connectivity index (χ3v) is 3.78. The fourth-order valence-corrected chi connectivity index (χ4v) is 2.40. The summed E-state index contributed by atoms with van der Waals surface area (Å²) in [4.78, 5) is 23.6. The maximum Gasteiger partial charge on any atom is 0.338 e. The van der Waals surface area contributed by atoms with Crippen molar-refractivity contribution in [3.05, 3.63) is 59.7 Å². The number of allylic oxidation sites excluding steroid dienone is 3. The fraction of sp³-hybridized carbons (Fsp3) is 0.300. The number of ether oxygens (including phenoxy) is 3. The number of hydrogen-bond acceptors (Lipinski definition) is 7. The molecule has 27 heavy (non-hydrogen) atoms. The minimum absolute atomic E-state index is 0.0839. The Bertz CT molecular complexity index is 747. The van der Waals surface area contributed by atoms with Crippen molar-refractivity contribution in [1.29, 1.82) is 0 Å². The smallest absolute Gasteiger partial charge is 0.338 e. The van der Waals surface area contributed by atoms with E-state index in [4.69, 9.17) is 25.7 Å². The standard InChI is InChI=1S/C20H24N2O5/c1-25-18-6-3-14(4-7-18)5-8-19(23)26-9-2-10-27-20(24)15-11-16(21)13-17(22)12-15/h3-6,8,11-13,18H,2,7,9-10,21-22H2,1H3/b8-5+. The van der Waals surface area contributed by atoms with Crippen LogP contribution in [0.4, 0.5) is 11.4 Å². The molecule has 7 nitrogen and oxygen atoms in total. The maximum atomic E-state index is 11.9. The van der Waals surface area contributed by atoms with Crippen LogP contribution >= 0.6 is 0 Å². The molecular formula is C20H24N2O5. The second kappa shape index (κ2) is 10.2. The molecule has 1 aliphatic rings. The highest BCUT2D eigenvalue weighted by atomic mass is 16.5. The molecule has 0 radical (unpaired) electrons. The molecule has 0 spiro atoms. The zero-order valence-corrected chi connectivity index (χ0v) is 15.2. The van der Waals surface area contributed by atoms with Crippen molar-refractivity contribution in [2.45, 2.75) is 18.9 Å². The number of nitrogens with two attached hydrogens (primary N) is 2. The molecule has 144 valence electrons. The first-order chi connectivity index (χ1) is 13.0. The molecular weight excluding hydrogens is 348 g/mol. The summed E-state index contributed by atoms with van der Waals surface area (Å²) in [7, 11) is 1.66. The predicted octanol–water partition coefficient (Wildman–Crippen LogP) is 2.40. The van der Waals surface area contributed by atoms with Gasteiger partial charge in [-0.05, 0) is 36.3 Å². The van der Waals surface area contributed by atoms with Crippen molar-refractivity contribution in [1.82, 2.24) is 0 Å². The van der Waals surface area contributed by atoms with Crippen LogP contribution in [0.25, 0.3) is 0 Å². The summed E-state index contributed by atoms with van der Waals surface area (Å²) in [6, 6.07) is 4.54. The quantitative estimate of drug-likeness (QED) is 0.312. The number of anilines is 2. The van der Waals surface area contributed by atoms with E-state index in [2.05, 4.69) is 0 Å². The van der Waals surface area contributed by atoms with Gasteiger partial charge in [-0.15, -0.1) is 0 Å². The van der Waals surface area contributed by atoms with E-state index in [-0.39, 0.29) is 24.9 Å². The summed E-state index contributed by atoms with van der Waals surface area (Å²) < 4.78 is 15.4. The van der Waals surface area contributed by atoms with Crippen molar-refractivity contribution < 1.29 is 23.8 Å². The molecule has 0 saturated heterocycles. The monoisotopic (exact) mass is 372 g/mol. The predicted molar refractivity (Wildman–Crippen MR) is 103 cm³/mol. The minimum atomic E-state index is -0.523. The second-order valence-corrected chi connectivity index (χ2v) is 5.95. The van der Waals surface area contributed by atoms with Crippen LogP contribution in [-0.2, 0) is 19.0 Å². The van der Waals surface area contributed by atoms with Gasteiger partial charge in [-0.2, -0.15) is 0 Å². The molecule has 0 aliphatic heterocycles. The Kier molecular flexibility index (Phi) is 7.63. The van der Waals surface area contributed by atoms with Crippen molar-refractivity contribution >= 4 is 23.3 Å². The number of nitrogen functional groups attached to an aromatic ring is 2. The highest BCUT2D eigenvalue weighted by molar-refractivity contribution is 5.91. The van der Waals surface area contributed by atoms with Crippen molar-refractivity contribution in [3.63, 3.8) is 0 Å². The van der Waals surface area contributed by atoms with Gasteiger partial charge in [0.1, 0.15) is 0 Å². The van der Waals surface area contributed by atoms with Crippen molar-refractivity contribution in [2.75, 3.05) is 31.8 Å². The van der Waals surface area contributed by atoms with Gasteiger partial charge in [-0.3, -0.25) is 0 Å². The van der Waals surface area contributed by atoms with Gasteiger partial charge in [-0.1, -0.05) is 18.2 Å². The van der Waals surface area contributed by atoms with Crippen LogP contribution in [0.1, 0.15) is 23.2 Å². The van der Waals surface area contributed by atoms with Gasteiger partial charge in [-0.25, -0.2) is 9.59 Å². The van der Waals surface area contributed by atoms with Gasteiger partial charge in [0.25, 0.3) is 0 Å². The van der Waals surface area contributed by atoms with Crippen LogP contribution in [0.5, 0.6) is 0 Å². The highest BCUT2D eigenvalue weighted by Crippen LogP contribution is 2.15. The van der Waals surface area contributed by atoms with Crippen molar-refractivity contribution in [2.24, 2.45) is 0 Å². The molecule has 1 atom stereocenters. The molecule has 0 saturated carbocycles. The van der Waals surface area contributed by atoms with E-state index in [0.29, 0.717) is 17.8 Å². The number of carbonyl (C=O) groups is 2. The first-order valence-corrected chi connectivity index (χ1v) is 8.57. The Morgan fingerprint density at radius 1 is 1.15 bits per heavy atom. The third kappa shape index (κ3) is 6.99. The van der Waals surface area contributed by atoms with Gasteiger partial charge in [0.2, 0.25) is 0 Å². The van der Waals surface area contributed by atoms with E-state index in [1.54, 1.807) is 19.3 Å². The molecule has 0 amide bonds. The van der Waals surface area contributed by atoms with E-state index >= 15 is 0 Å². The highest BCUT2D eigenvalue weighted by Gasteiger charge is 2.09. The van der Waals surface area contributed by atoms with Gasteiger partial charge in [0, 0.05) is 31.0 Å². The molecule has 1 aliphatic carbocycles. The lowest BCUT2D eigenvalue weighted by Gasteiger charge is -2.12.